The SMILES string of the molecule is Cc1ccc(C(=O)C#Cc2ccc[cH-]2)c(O)c1.[Fe+2].c1cc[cH-]c1. The third-order valence-corrected chi connectivity index (χ3v) is 2.94. The van der Waals surface area contributed by atoms with Gasteiger partial charge in [0.2, 0.25) is 5.78 Å². The average molecular weight is 344 g/mol. The van der Waals surface area contributed by atoms with Crippen molar-refractivity contribution in [3.8, 4) is 17.6 Å². The molecule has 23 heavy (non-hydrogen) atoms. The maximum absolute atomic E-state index is 11.7. The molecule has 3 aromatic carbocycles. The molecule has 0 aliphatic carbocycles. The minimum absolute atomic E-state index is 0. The first-order chi connectivity index (χ1) is 10.7. The van der Waals surface area contributed by atoms with Crippen molar-refractivity contribution in [3.63, 3.8) is 0 Å². The first-order valence-corrected chi connectivity index (χ1v) is 6.91. The van der Waals surface area contributed by atoms with E-state index in [1.165, 1.54) is 0 Å². The van der Waals surface area contributed by atoms with Gasteiger partial charge < -0.3 is 5.11 Å². The Labute approximate surface area is 147 Å². The standard InChI is InChI=1S/C15H11O2.C5H5.Fe/c1-11-6-8-13(15(17)10-11)14(16)9-7-12-4-2-3-5-12;1-2-4-5-3-1;/h2-6,8,10,17H,1H3;1-5H;/q2*-1;+2. The maximum atomic E-state index is 11.7. The van der Waals surface area contributed by atoms with Crippen LogP contribution in [0.15, 0.2) is 72.8 Å². The molecule has 0 bridgehead atoms. The van der Waals surface area contributed by atoms with Crippen molar-refractivity contribution in [2.24, 2.45) is 0 Å². The van der Waals surface area contributed by atoms with Gasteiger partial charge in [-0.2, -0.15) is 42.3 Å². The number of ketones is 1. The van der Waals surface area contributed by atoms with Gasteiger partial charge in [0.15, 0.2) is 0 Å². The second kappa shape index (κ2) is 9.48. The molecule has 0 saturated heterocycles. The monoisotopic (exact) mass is 344 g/mol. The fourth-order valence-electron chi connectivity index (χ4n) is 1.81. The summed E-state index contributed by atoms with van der Waals surface area (Å²) in [6, 6.07) is 22.3. The van der Waals surface area contributed by atoms with Crippen LogP contribution in [0.1, 0.15) is 21.5 Å². The van der Waals surface area contributed by atoms with Crippen LogP contribution in [0.4, 0.5) is 0 Å². The molecule has 3 heteroatoms. The predicted octanol–water partition coefficient (Wildman–Crippen LogP) is 4.06. The first kappa shape index (κ1) is 18.5. The molecule has 0 spiro atoms. The van der Waals surface area contributed by atoms with E-state index in [0.717, 1.165) is 11.1 Å². The van der Waals surface area contributed by atoms with Gasteiger partial charge in [0.25, 0.3) is 0 Å². The number of rotatable bonds is 1. The van der Waals surface area contributed by atoms with E-state index in [1.807, 2.05) is 61.5 Å². The molecule has 0 amide bonds. The van der Waals surface area contributed by atoms with Gasteiger partial charge in [-0.05, 0) is 24.6 Å². The van der Waals surface area contributed by atoms with Gasteiger partial charge in [-0.1, -0.05) is 12.0 Å². The van der Waals surface area contributed by atoms with Crippen molar-refractivity contribution in [2.45, 2.75) is 6.92 Å². The van der Waals surface area contributed by atoms with Crippen LogP contribution in [-0.2, 0) is 17.1 Å². The molecular formula is C20H16FeO2. The van der Waals surface area contributed by atoms with E-state index in [0.29, 0.717) is 0 Å². The van der Waals surface area contributed by atoms with Gasteiger partial charge >= 0.3 is 17.1 Å². The summed E-state index contributed by atoms with van der Waals surface area (Å²) in [7, 11) is 0. The van der Waals surface area contributed by atoms with E-state index in [1.54, 1.807) is 18.2 Å². The molecule has 0 saturated carbocycles. The number of aromatic hydroxyl groups is 1. The molecule has 3 rings (SSSR count). The van der Waals surface area contributed by atoms with Crippen molar-refractivity contribution >= 4 is 5.78 Å². The molecule has 0 atom stereocenters. The molecule has 0 heterocycles. The molecule has 0 unspecified atom stereocenters. The van der Waals surface area contributed by atoms with Crippen LogP contribution in [-0.4, -0.2) is 10.9 Å². The molecule has 0 aliphatic heterocycles. The Morgan fingerprint density at radius 3 is 2.35 bits per heavy atom. The van der Waals surface area contributed by atoms with E-state index in [9.17, 15) is 9.90 Å². The zero-order valence-electron chi connectivity index (χ0n) is 12.6. The van der Waals surface area contributed by atoms with Crippen LogP contribution >= 0.6 is 0 Å². The van der Waals surface area contributed by atoms with Crippen molar-refractivity contribution in [1.82, 2.24) is 0 Å². The third-order valence-electron chi connectivity index (χ3n) is 2.94. The summed E-state index contributed by atoms with van der Waals surface area (Å²) >= 11 is 0. The Hall–Kier alpha value is -2.53. The zero-order chi connectivity index (χ0) is 15.8. The summed E-state index contributed by atoms with van der Waals surface area (Å²) < 4.78 is 0. The second-order valence-corrected chi connectivity index (χ2v) is 4.74. The minimum atomic E-state index is -0.372. The summed E-state index contributed by atoms with van der Waals surface area (Å²) in [6.07, 6.45) is 0. The van der Waals surface area contributed by atoms with Crippen molar-refractivity contribution in [3.05, 3.63) is 89.5 Å². The Morgan fingerprint density at radius 2 is 1.83 bits per heavy atom. The second-order valence-electron chi connectivity index (χ2n) is 4.74. The zero-order valence-corrected chi connectivity index (χ0v) is 13.7. The van der Waals surface area contributed by atoms with Crippen LogP contribution in [0.5, 0.6) is 5.75 Å². The number of carbonyl (C=O) groups is 1. The van der Waals surface area contributed by atoms with Crippen LogP contribution in [0, 0.1) is 18.8 Å². The van der Waals surface area contributed by atoms with Crippen molar-refractivity contribution < 1.29 is 27.0 Å². The third kappa shape index (κ3) is 6.00. The van der Waals surface area contributed by atoms with Gasteiger partial charge in [0.05, 0.1) is 5.56 Å². The topological polar surface area (TPSA) is 37.3 Å². The van der Waals surface area contributed by atoms with Gasteiger partial charge in [-0.3, -0.25) is 4.79 Å². The number of phenols is 1. The number of hydrogen-bond acceptors (Lipinski definition) is 2. The van der Waals surface area contributed by atoms with Gasteiger partial charge in [-0.15, -0.1) is 11.6 Å². The van der Waals surface area contributed by atoms with Crippen LogP contribution < -0.4 is 0 Å². The van der Waals surface area contributed by atoms with Gasteiger partial charge in [-0.25, -0.2) is 12.1 Å². The van der Waals surface area contributed by atoms with E-state index >= 15 is 0 Å². The Balaban J connectivity index is 0.000000377. The number of Topliss-reactive ketones (excluding diaryl/α,β-unsaturated/α-hetero) is 1. The van der Waals surface area contributed by atoms with Crippen LogP contribution in [0.3, 0.4) is 0 Å². The molecule has 3 aromatic rings. The number of hydrogen-bond donors (Lipinski definition) is 1. The predicted molar refractivity (Wildman–Crippen MR) is 88.1 cm³/mol. The Bertz CT molecular complexity index is 756. The van der Waals surface area contributed by atoms with Crippen LogP contribution in [0.25, 0.3) is 0 Å². The minimum Gasteiger partial charge on any atom is -0.507 e. The number of phenolic OH excluding ortho intramolecular Hbond substituents is 1. The van der Waals surface area contributed by atoms with E-state index in [4.69, 9.17) is 0 Å². The fraction of sp³-hybridized carbons (Fsp3) is 0.0500. The largest absolute Gasteiger partial charge is 2.00 e. The summed E-state index contributed by atoms with van der Waals surface area (Å²) in [4.78, 5) is 11.7. The quantitative estimate of drug-likeness (QED) is 0.313. The summed E-state index contributed by atoms with van der Waals surface area (Å²) in [6.45, 7) is 1.85. The number of carbonyl (C=O) groups excluding carboxylic acids is 1. The molecule has 2 nitrogen and oxygen atoms in total. The van der Waals surface area contributed by atoms with E-state index in [-0.39, 0.29) is 34.2 Å². The molecular weight excluding hydrogens is 328 g/mol. The fourth-order valence-corrected chi connectivity index (χ4v) is 1.81. The average Bonchev–Trinajstić information content (AvgIpc) is 3.21. The van der Waals surface area contributed by atoms with E-state index in [2.05, 4.69) is 11.8 Å². The smallest absolute Gasteiger partial charge is 0.507 e. The van der Waals surface area contributed by atoms with Crippen LogP contribution in [0.2, 0.25) is 0 Å². The van der Waals surface area contributed by atoms with Crippen molar-refractivity contribution in [2.75, 3.05) is 0 Å². The first-order valence-electron chi connectivity index (χ1n) is 6.91. The Morgan fingerprint density at radius 1 is 1.09 bits per heavy atom. The van der Waals surface area contributed by atoms with Gasteiger partial charge in [0, 0.05) is 0 Å². The maximum Gasteiger partial charge on any atom is 2.00 e. The molecule has 116 valence electrons. The molecule has 0 fully saturated rings. The molecule has 0 aromatic heterocycles. The van der Waals surface area contributed by atoms with Gasteiger partial charge in [0.1, 0.15) is 5.75 Å². The summed E-state index contributed by atoms with van der Waals surface area (Å²) in [5, 5.41) is 9.63. The van der Waals surface area contributed by atoms with E-state index < -0.39 is 0 Å². The van der Waals surface area contributed by atoms with Crippen molar-refractivity contribution in [1.29, 1.82) is 0 Å². The number of aryl methyl sites for hydroxylation is 1. The normalized spacial score (nSPS) is 8.74. The molecule has 0 aliphatic rings. The summed E-state index contributed by atoms with van der Waals surface area (Å²) in [5.74, 6) is 4.87. The Kier molecular flexibility index (Phi) is 7.63. The summed E-state index contributed by atoms with van der Waals surface area (Å²) in [5.41, 5.74) is 1.95. The number of benzene rings is 1. The molecule has 0 radical (unpaired) electrons. The molecule has 1 N–H and O–H groups in total.